The number of aliphatic hydroxyl groups is 1. The average molecular weight is 196 g/mol. The average Bonchev–Trinajstić information content (AvgIpc) is 2.17. The van der Waals surface area contributed by atoms with E-state index in [2.05, 4.69) is 4.98 Å². The lowest BCUT2D eigenvalue weighted by molar-refractivity contribution is 0.0519. The van der Waals surface area contributed by atoms with E-state index in [1.807, 2.05) is 0 Å². The van der Waals surface area contributed by atoms with Crippen molar-refractivity contribution in [3.05, 3.63) is 23.5 Å². The first-order valence-electron chi connectivity index (χ1n) is 4.21. The molecule has 0 aliphatic heterocycles. The molecule has 1 rings (SSSR count). The van der Waals surface area contributed by atoms with Crippen molar-refractivity contribution < 1.29 is 14.6 Å². The van der Waals surface area contributed by atoms with Crippen LogP contribution >= 0.6 is 0 Å². The zero-order chi connectivity index (χ0) is 10.6. The molecular weight excluding hydrogens is 184 g/mol. The summed E-state index contributed by atoms with van der Waals surface area (Å²) in [5.41, 5.74) is 6.37. The number of pyridine rings is 1. The van der Waals surface area contributed by atoms with Gasteiger partial charge in [0.15, 0.2) is 5.69 Å². The van der Waals surface area contributed by atoms with E-state index in [4.69, 9.17) is 15.6 Å². The topological polar surface area (TPSA) is 85.4 Å². The Morgan fingerprint density at radius 3 is 2.93 bits per heavy atom. The van der Waals surface area contributed by atoms with Gasteiger partial charge < -0.3 is 15.6 Å². The largest absolute Gasteiger partial charge is 0.461 e. The summed E-state index contributed by atoms with van der Waals surface area (Å²) in [6.07, 6.45) is 0. The fourth-order valence-corrected chi connectivity index (χ4v) is 1.00. The summed E-state index contributed by atoms with van der Waals surface area (Å²) in [7, 11) is 0. The van der Waals surface area contributed by atoms with Crippen LogP contribution in [0.25, 0.3) is 0 Å². The zero-order valence-electron chi connectivity index (χ0n) is 7.86. The van der Waals surface area contributed by atoms with E-state index in [0.29, 0.717) is 11.4 Å². The van der Waals surface area contributed by atoms with Gasteiger partial charge in [-0.25, -0.2) is 9.78 Å². The molecule has 0 atom stereocenters. The Morgan fingerprint density at radius 2 is 2.36 bits per heavy atom. The van der Waals surface area contributed by atoms with E-state index < -0.39 is 5.97 Å². The fourth-order valence-electron chi connectivity index (χ4n) is 1.00. The summed E-state index contributed by atoms with van der Waals surface area (Å²) >= 11 is 0. The van der Waals surface area contributed by atoms with E-state index in [9.17, 15) is 4.79 Å². The van der Waals surface area contributed by atoms with E-state index in [1.165, 1.54) is 12.1 Å². The molecule has 76 valence electrons. The van der Waals surface area contributed by atoms with Gasteiger partial charge in [-0.2, -0.15) is 0 Å². The second-order valence-electron chi connectivity index (χ2n) is 2.66. The van der Waals surface area contributed by atoms with Crippen molar-refractivity contribution in [1.82, 2.24) is 4.98 Å². The van der Waals surface area contributed by atoms with Crippen LogP contribution < -0.4 is 5.73 Å². The number of nitrogens with zero attached hydrogens (tertiary/aromatic N) is 1. The second-order valence-corrected chi connectivity index (χ2v) is 2.66. The number of nitrogen functional groups attached to an aromatic ring is 1. The summed E-state index contributed by atoms with van der Waals surface area (Å²) in [5, 5.41) is 8.83. The third-order valence-electron chi connectivity index (χ3n) is 1.55. The highest BCUT2D eigenvalue weighted by atomic mass is 16.5. The lowest BCUT2D eigenvalue weighted by Crippen LogP contribution is -2.09. The number of nitrogens with two attached hydrogens (primary N) is 1. The summed E-state index contributed by atoms with van der Waals surface area (Å²) in [4.78, 5) is 15.1. The van der Waals surface area contributed by atoms with Crippen LogP contribution in [-0.2, 0) is 11.3 Å². The molecule has 1 heterocycles. The van der Waals surface area contributed by atoms with Crippen LogP contribution in [0.5, 0.6) is 0 Å². The van der Waals surface area contributed by atoms with Crippen LogP contribution in [0, 0.1) is 0 Å². The van der Waals surface area contributed by atoms with Crippen molar-refractivity contribution in [2.45, 2.75) is 13.5 Å². The number of hydrogen-bond donors (Lipinski definition) is 2. The Balaban J connectivity index is 2.96. The molecule has 0 unspecified atom stereocenters. The number of aromatic nitrogens is 1. The van der Waals surface area contributed by atoms with Crippen molar-refractivity contribution in [2.24, 2.45) is 0 Å². The first-order chi connectivity index (χ1) is 6.67. The maximum Gasteiger partial charge on any atom is 0.356 e. The molecule has 1 aromatic heterocycles. The smallest absolute Gasteiger partial charge is 0.356 e. The predicted molar refractivity (Wildman–Crippen MR) is 50.5 cm³/mol. The van der Waals surface area contributed by atoms with Crippen LogP contribution in [-0.4, -0.2) is 22.7 Å². The molecule has 0 radical (unpaired) electrons. The molecule has 3 N–H and O–H groups in total. The molecule has 0 aliphatic rings. The van der Waals surface area contributed by atoms with Crippen LogP contribution in [0.2, 0.25) is 0 Å². The second kappa shape index (κ2) is 4.57. The summed E-state index contributed by atoms with van der Waals surface area (Å²) < 4.78 is 4.74. The Kier molecular flexibility index (Phi) is 3.41. The lowest BCUT2D eigenvalue weighted by atomic mass is 10.2. The molecule has 0 bridgehead atoms. The molecule has 0 saturated carbocycles. The number of esters is 1. The number of carbonyl (C=O) groups excluding carboxylic acids is 1. The maximum atomic E-state index is 11.2. The van der Waals surface area contributed by atoms with Crippen LogP contribution in [0.15, 0.2) is 12.1 Å². The monoisotopic (exact) mass is 196 g/mol. The summed E-state index contributed by atoms with van der Waals surface area (Å²) in [6, 6.07) is 2.92. The molecule has 0 saturated heterocycles. The van der Waals surface area contributed by atoms with Gasteiger partial charge in [-0.05, 0) is 19.1 Å². The number of hydrogen-bond acceptors (Lipinski definition) is 5. The van der Waals surface area contributed by atoms with E-state index >= 15 is 0 Å². The van der Waals surface area contributed by atoms with Gasteiger partial charge in [-0.3, -0.25) is 0 Å². The van der Waals surface area contributed by atoms with Gasteiger partial charge in [0.05, 0.1) is 18.9 Å². The van der Waals surface area contributed by atoms with Gasteiger partial charge in [0.1, 0.15) is 0 Å². The Morgan fingerprint density at radius 1 is 1.64 bits per heavy atom. The summed E-state index contributed by atoms with van der Waals surface area (Å²) in [5.74, 6) is -0.533. The van der Waals surface area contributed by atoms with Crippen molar-refractivity contribution in [3.63, 3.8) is 0 Å². The van der Waals surface area contributed by atoms with Gasteiger partial charge in [-0.1, -0.05) is 0 Å². The van der Waals surface area contributed by atoms with E-state index in [-0.39, 0.29) is 18.9 Å². The standard InChI is InChI=1S/C9H12N2O3/c1-2-14-9(13)8-4-6(10)3-7(5-12)11-8/h3-4,12H,2,5H2,1H3,(H2,10,11). The summed E-state index contributed by atoms with van der Waals surface area (Å²) in [6.45, 7) is 1.73. The lowest BCUT2D eigenvalue weighted by Gasteiger charge is -2.04. The van der Waals surface area contributed by atoms with Gasteiger partial charge >= 0.3 is 5.97 Å². The Hall–Kier alpha value is -1.62. The van der Waals surface area contributed by atoms with Gasteiger partial charge in [0.2, 0.25) is 0 Å². The SMILES string of the molecule is CCOC(=O)c1cc(N)cc(CO)n1. The third-order valence-corrected chi connectivity index (χ3v) is 1.55. The molecular formula is C9H12N2O3. The van der Waals surface area contributed by atoms with Crippen molar-refractivity contribution in [2.75, 3.05) is 12.3 Å². The third kappa shape index (κ3) is 2.43. The van der Waals surface area contributed by atoms with Gasteiger partial charge in [-0.15, -0.1) is 0 Å². The number of carbonyl (C=O) groups is 1. The molecule has 0 aliphatic carbocycles. The highest BCUT2D eigenvalue weighted by molar-refractivity contribution is 5.88. The molecule has 0 amide bonds. The fraction of sp³-hybridized carbons (Fsp3) is 0.333. The minimum atomic E-state index is -0.533. The van der Waals surface area contributed by atoms with Crippen molar-refractivity contribution >= 4 is 11.7 Å². The zero-order valence-corrected chi connectivity index (χ0v) is 7.86. The quantitative estimate of drug-likeness (QED) is 0.680. The van der Waals surface area contributed by atoms with Crippen molar-refractivity contribution in [1.29, 1.82) is 0 Å². The molecule has 0 spiro atoms. The van der Waals surface area contributed by atoms with E-state index in [0.717, 1.165) is 0 Å². The molecule has 1 aromatic rings. The Bertz CT molecular complexity index is 339. The molecule has 0 fully saturated rings. The normalized spacial score (nSPS) is 9.86. The predicted octanol–water partition coefficient (Wildman–Crippen LogP) is 0.333. The number of anilines is 1. The van der Waals surface area contributed by atoms with Crippen LogP contribution in [0.4, 0.5) is 5.69 Å². The minimum absolute atomic E-state index is 0.121. The number of ether oxygens (including phenoxy) is 1. The first-order valence-corrected chi connectivity index (χ1v) is 4.21. The van der Waals surface area contributed by atoms with Crippen LogP contribution in [0.3, 0.4) is 0 Å². The molecule has 5 nitrogen and oxygen atoms in total. The van der Waals surface area contributed by atoms with E-state index in [1.54, 1.807) is 6.92 Å². The minimum Gasteiger partial charge on any atom is -0.461 e. The number of rotatable bonds is 3. The van der Waals surface area contributed by atoms with Crippen LogP contribution in [0.1, 0.15) is 23.1 Å². The molecule has 0 aromatic carbocycles. The van der Waals surface area contributed by atoms with Gasteiger partial charge in [0.25, 0.3) is 0 Å². The molecule has 14 heavy (non-hydrogen) atoms. The highest BCUT2D eigenvalue weighted by Crippen LogP contribution is 2.09. The molecule has 5 heteroatoms. The van der Waals surface area contributed by atoms with Crippen molar-refractivity contribution in [3.8, 4) is 0 Å². The van der Waals surface area contributed by atoms with Gasteiger partial charge in [0, 0.05) is 5.69 Å². The number of aliphatic hydroxyl groups excluding tert-OH is 1. The maximum absolute atomic E-state index is 11.2. The highest BCUT2D eigenvalue weighted by Gasteiger charge is 2.09. The Labute approximate surface area is 81.5 Å². The first kappa shape index (κ1) is 10.5.